The van der Waals surface area contributed by atoms with Crippen molar-refractivity contribution >= 4 is 35.3 Å². The summed E-state index contributed by atoms with van der Waals surface area (Å²) < 4.78 is 44.0. The van der Waals surface area contributed by atoms with Crippen molar-refractivity contribution in [2.24, 2.45) is 4.99 Å². The Morgan fingerprint density at radius 2 is 1.25 bits per heavy atom. The number of benzene rings is 4. The van der Waals surface area contributed by atoms with Gasteiger partial charge < -0.3 is 24.6 Å². The normalized spacial score (nSPS) is 17.0. The summed E-state index contributed by atoms with van der Waals surface area (Å²) in [5.41, 5.74) is 5.04. The number of nitrogens with zero attached hydrogens (tertiary/aromatic N) is 1. The van der Waals surface area contributed by atoms with Crippen molar-refractivity contribution in [1.29, 1.82) is 0 Å². The minimum atomic E-state index is -0.890. The number of ether oxygens (including phenoxy) is 3. The molecule has 60 heavy (non-hydrogen) atoms. The van der Waals surface area contributed by atoms with E-state index >= 15 is 0 Å². The number of hydrogen-bond acceptors (Lipinski definition) is 9. The average Bonchev–Trinajstić information content (AvgIpc) is 4.01. The molecule has 2 heterocycles. The number of hydrogen-bond donors (Lipinski definition) is 2. The largest absolute Gasteiger partial charge is 0.507 e. The Bertz CT molecular complexity index is 2390. The maximum absolute atomic E-state index is 13.7. The van der Waals surface area contributed by atoms with Gasteiger partial charge in [-0.25, -0.2) is 33.0 Å². The average molecular weight is 819 g/mol. The van der Waals surface area contributed by atoms with Crippen LogP contribution < -0.4 is 5.32 Å². The number of aliphatic imine (C=N–C) groups is 1. The molecule has 8 rings (SSSR count). The summed E-state index contributed by atoms with van der Waals surface area (Å²) in [6.45, 7) is 8.32. The fraction of sp³-hybridized carbons (Fsp3) is 0.333. The van der Waals surface area contributed by atoms with E-state index in [1.807, 2.05) is 56.3 Å². The highest BCUT2D eigenvalue weighted by molar-refractivity contribution is 6.21. The van der Waals surface area contributed by atoms with E-state index in [0.717, 1.165) is 53.5 Å². The zero-order chi connectivity index (χ0) is 43.0. The first-order valence-corrected chi connectivity index (χ1v) is 20.2. The third kappa shape index (κ3) is 9.09. The van der Waals surface area contributed by atoms with E-state index in [2.05, 4.69) is 10.3 Å². The molecule has 2 fully saturated rings. The molecule has 0 bridgehead atoms. The molecule has 4 aromatic carbocycles. The zero-order valence-corrected chi connectivity index (χ0v) is 34.2. The number of carbonyl (C=O) groups excluding carboxylic acids is 4. The number of esters is 2. The molecule has 4 aliphatic rings. The van der Waals surface area contributed by atoms with Crippen LogP contribution in [0.3, 0.4) is 0 Å². The lowest BCUT2D eigenvalue weighted by Gasteiger charge is -2.24. The van der Waals surface area contributed by atoms with Gasteiger partial charge in [0.25, 0.3) is 0 Å². The fourth-order valence-electron chi connectivity index (χ4n) is 8.16. The van der Waals surface area contributed by atoms with Crippen LogP contribution >= 0.6 is 0 Å². The van der Waals surface area contributed by atoms with Gasteiger partial charge in [-0.05, 0) is 160 Å². The van der Waals surface area contributed by atoms with Gasteiger partial charge in [0.1, 0.15) is 22.8 Å². The highest BCUT2D eigenvalue weighted by atomic mass is 19.1. The van der Waals surface area contributed by atoms with E-state index in [9.17, 15) is 28.3 Å². The number of aliphatic hydroxyl groups is 1. The lowest BCUT2D eigenvalue weighted by atomic mass is 9.91. The van der Waals surface area contributed by atoms with Crippen LogP contribution in [0.5, 0.6) is 0 Å². The summed E-state index contributed by atoms with van der Waals surface area (Å²) in [6.07, 6.45) is 7.06. The third-order valence-corrected chi connectivity index (χ3v) is 11.2. The van der Waals surface area contributed by atoms with Crippen molar-refractivity contribution in [3.8, 4) is 22.3 Å². The second-order valence-corrected chi connectivity index (χ2v) is 15.2. The van der Waals surface area contributed by atoms with E-state index in [1.54, 1.807) is 32.0 Å². The number of aryl methyl sites for hydroxylation is 2. The van der Waals surface area contributed by atoms with Crippen molar-refractivity contribution in [2.75, 3.05) is 13.1 Å². The Kier molecular flexibility index (Phi) is 13.4. The molecule has 4 aromatic rings. The van der Waals surface area contributed by atoms with Gasteiger partial charge in [-0.3, -0.25) is 0 Å². The summed E-state index contributed by atoms with van der Waals surface area (Å²) >= 11 is 0. The van der Waals surface area contributed by atoms with Crippen LogP contribution in [0.2, 0.25) is 0 Å². The number of halogens is 2. The molecule has 0 radical (unpaired) electrons. The van der Waals surface area contributed by atoms with E-state index in [1.165, 1.54) is 30.3 Å². The number of alkyl carbamates (subject to hydrolysis) is 1. The van der Waals surface area contributed by atoms with E-state index in [-0.39, 0.29) is 34.3 Å². The standard InChI is InChI=1S/C24H24FNO4.C21H19FO3.C3H5NO/c1-3-26-23(28)29-21-20(22(27)30-24(21)11-4-5-12-24)19-14-17(10-9-15(19)2)16-7-6-8-18(25)13-16;1-13-4-5-15(14-6-8-16(22)9-7-14)12-17(13)18-19(23)21(25-20(18)24)10-2-3-11-21;1-2-4-3-5/h6-10,13-14H,3-5,11-12H2,1-2H3,(H,26,28);4-9,12,23H,2-3,10-11H2,1H3;2H2,1H3. The van der Waals surface area contributed by atoms with Gasteiger partial charge in [0.2, 0.25) is 6.08 Å². The molecule has 0 atom stereocenters. The fourth-order valence-corrected chi connectivity index (χ4v) is 8.16. The summed E-state index contributed by atoms with van der Waals surface area (Å²) in [4.78, 5) is 50.0. The number of carbonyl (C=O) groups is 3. The highest BCUT2D eigenvalue weighted by Crippen LogP contribution is 2.49. The van der Waals surface area contributed by atoms with Gasteiger partial charge in [0.15, 0.2) is 22.7 Å². The Morgan fingerprint density at radius 1 is 0.733 bits per heavy atom. The van der Waals surface area contributed by atoms with Gasteiger partial charge in [-0.15, -0.1) is 0 Å². The maximum Gasteiger partial charge on any atom is 0.412 e. The first-order chi connectivity index (χ1) is 28.8. The Hall–Kier alpha value is -6.39. The lowest BCUT2D eigenvalue weighted by Crippen LogP contribution is -2.33. The Morgan fingerprint density at radius 3 is 1.80 bits per heavy atom. The SMILES string of the molecule is CCN=C=O.CCNC(=O)OC1=C(c2cc(-c3cccc(F)c3)ccc2C)C(=O)OC12CCCC2.Cc1ccc(-c2ccc(F)cc2)cc1C1=C(O)C2(CCCC2)OC1=O. The van der Waals surface area contributed by atoms with Crippen LogP contribution in [0.1, 0.15) is 87.5 Å². The molecule has 312 valence electrons. The molecule has 0 aromatic heterocycles. The number of amides is 1. The smallest absolute Gasteiger partial charge is 0.412 e. The molecule has 0 unspecified atom stereocenters. The lowest BCUT2D eigenvalue weighted by molar-refractivity contribution is -0.147. The second kappa shape index (κ2) is 18.7. The highest BCUT2D eigenvalue weighted by Gasteiger charge is 2.53. The van der Waals surface area contributed by atoms with Crippen LogP contribution in [-0.4, -0.2) is 53.5 Å². The molecular weight excluding hydrogens is 771 g/mol. The first-order valence-electron chi connectivity index (χ1n) is 20.2. The zero-order valence-electron chi connectivity index (χ0n) is 34.2. The van der Waals surface area contributed by atoms with Crippen molar-refractivity contribution < 1.29 is 47.3 Å². The van der Waals surface area contributed by atoms with Crippen LogP contribution in [0.15, 0.2) is 101 Å². The second-order valence-electron chi connectivity index (χ2n) is 15.2. The van der Waals surface area contributed by atoms with Gasteiger partial charge in [0, 0.05) is 13.1 Å². The minimum Gasteiger partial charge on any atom is -0.507 e. The van der Waals surface area contributed by atoms with E-state index in [0.29, 0.717) is 55.5 Å². The molecule has 10 nitrogen and oxygen atoms in total. The quantitative estimate of drug-likeness (QED) is 0.0813. The summed E-state index contributed by atoms with van der Waals surface area (Å²) in [7, 11) is 0. The van der Waals surface area contributed by atoms with Crippen molar-refractivity contribution in [1.82, 2.24) is 5.32 Å². The Balaban J connectivity index is 0.000000183. The predicted molar refractivity (Wildman–Crippen MR) is 223 cm³/mol. The van der Waals surface area contributed by atoms with Crippen molar-refractivity contribution in [2.45, 2.75) is 90.3 Å². The monoisotopic (exact) mass is 818 g/mol. The first kappa shape index (κ1) is 43.2. The molecule has 1 amide bonds. The van der Waals surface area contributed by atoms with Gasteiger partial charge in [-0.2, -0.15) is 0 Å². The summed E-state index contributed by atoms with van der Waals surface area (Å²) in [5, 5.41) is 13.4. The predicted octanol–water partition coefficient (Wildman–Crippen LogP) is 10.4. The van der Waals surface area contributed by atoms with Crippen molar-refractivity contribution in [3.63, 3.8) is 0 Å². The number of nitrogens with one attached hydrogen (secondary N) is 1. The molecule has 2 aliphatic carbocycles. The van der Waals surface area contributed by atoms with Crippen LogP contribution in [0.25, 0.3) is 33.4 Å². The topological polar surface area (TPSA) is 141 Å². The molecule has 2 saturated carbocycles. The van der Waals surface area contributed by atoms with Crippen LogP contribution in [0.4, 0.5) is 13.6 Å². The molecule has 2 N–H and O–H groups in total. The molecule has 2 spiro atoms. The number of rotatable bonds is 7. The summed E-state index contributed by atoms with van der Waals surface area (Å²) in [5.74, 6) is -1.22. The molecule has 0 saturated heterocycles. The van der Waals surface area contributed by atoms with Gasteiger partial charge in [-0.1, -0.05) is 48.5 Å². The van der Waals surface area contributed by atoms with Gasteiger partial charge >= 0.3 is 18.0 Å². The van der Waals surface area contributed by atoms with E-state index < -0.39 is 29.2 Å². The van der Waals surface area contributed by atoms with Crippen LogP contribution in [-0.2, 0) is 28.6 Å². The third-order valence-electron chi connectivity index (χ3n) is 11.2. The Labute approximate surface area is 348 Å². The van der Waals surface area contributed by atoms with Gasteiger partial charge in [0.05, 0.1) is 0 Å². The number of isocyanates is 1. The number of aliphatic hydroxyl groups excluding tert-OH is 1. The molecule has 12 heteroatoms. The van der Waals surface area contributed by atoms with Crippen LogP contribution in [0, 0.1) is 25.5 Å². The maximum atomic E-state index is 13.7. The molecular formula is C48H48F2N2O8. The minimum absolute atomic E-state index is 0.0642. The molecule has 2 aliphatic heterocycles. The van der Waals surface area contributed by atoms with E-state index in [4.69, 9.17) is 19.0 Å². The summed E-state index contributed by atoms with van der Waals surface area (Å²) in [6, 6.07) is 23.8. The van der Waals surface area contributed by atoms with Crippen molar-refractivity contribution in [3.05, 3.63) is 130 Å².